The molecule has 1 amide bonds. The average molecular weight is 346 g/mol. The van der Waals surface area contributed by atoms with Gasteiger partial charge in [-0.2, -0.15) is 5.10 Å². The number of carbonyl (C=O) groups is 1. The number of aromatic amines is 2. The van der Waals surface area contributed by atoms with E-state index in [1.165, 1.54) is 11.1 Å². The lowest BCUT2D eigenvalue weighted by Gasteiger charge is -2.11. The lowest BCUT2D eigenvalue weighted by molar-refractivity contribution is 0.102. The zero-order valence-corrected chi connectivity index (χ0v) is 14.6. The van der Waals surface area contributed by atoms with Crippen molar-refractivity contribution in [2.24, 2.45) is 0 Å². The summed E-state index contributed by atoms with van der Waals surface area (Å²) >= 11 is 0. The molecule has 3 N–H and O–H groups in total. The molecule has 1 aliphatic carbocycles. The van der Waals surface area contributed by atoms with Gasteiger partial charge in [-0.25, -0.2) is 0 Å². The molecule has 3 aromatic heterocycles. The Morgan fingerprint density at radius 2 is 2.08 bits per heavy atom. The highest BCUT2D eigenvalue weighted by Gasteiger charge is 2.22. The van der Waals surface area contributed by atoms with Gasteiger partial charge < -0.3 is 14.7 Å². The van der Waals surface area contributed by atoms with Crippen molar-refractivity contribution in [2.75, 3.05) is 5.32 Å². The predicted octanol–water partition coefficient (Wildman–Crippen LogP) is 4.12. The number of fused-ring (bicyclic) bond motifs is 5. The molecule has 0 saturated carbocycles. The van der Waals surface area contributed by atoms with Crippen LogP contribution >= 0.6 is 0 Å². The van der Waals surface area contributed by atoms with Crippen LogP contribution in [-0.4, -0.2) is 21.1 Å². The average Bonchev–Trinajstić information content (AvgIpc) is 3.30. The molecule has 1 aromatic carbocycles. The molecule has 26 heavy (non-hydrogen) atoms. The number of H-pyrrole nitrogens is 2. The number of benzene rings is 1. The Bertz CT molecular complexity index is 1160. The van der Waals surface area contributed by atoms with Crippen LogP contribution in [0.1, 0.15) is 33.0 Å². The van der Waals surface area contributed by atoms with Gasteiger partial charge in [0.15, 0.2) is 0 Å². The summed E-state index contributed by atoms with van der Waals surface area (Å²) in [6, 6.07) is 7.72. The van der Waals surface area contributed by atoms with E-state index < -0.39 is 0 Å². The Morgan fingerprint density at radius 1 is 1.19 bits per heavy atom. The summed E-state index contributed by atoms with van der Waals surface area (Å²) < 4.78 is 5.46. The van der Waals surface area contributed by atoms with E-state index in [0.717, 1.165) is 46.6 Å². The van der Waals surface area contributed by atoms with Crippen molar-refractivity contribution >= 4 is 22.5 Å². The lowest BCUT2D eigenvalue weighted by Crippen LogP contribution is -2.12. The second-order valence-corrected chi connectivity index (χ2v) is 6.79. The fourth-order valence-electron chi connectivity index (χ4n) is 3.83. The number of nitrogens with one attached hydrogen (secondary N) is 3. The van der Waals surface area contributed by atoms with Crippen LogP contribution in [0, 0.1) is 13.8 Å². The standard InChI is InChI=1S/C20H18N4O2/c1-10-7-15(11(2)26-10)20(25)22-13-4-6-17-16(8-13)14-5-3-12-9-21-24-18(12)19(14)23-17/h4,6-9,23H,3,5H2,1-2H3,(H,21,24)(H,22,25). The van der Waals surface area contributed by atoms with Gasteiger partial charge in [-0.1, -0.05) is 0 Å². The lowest BCUT2D eigenvalue weighted by atomic mass is 9.94. The van der Waals surface area contributed by atoms with E-state index in [-0.39, 0.29) is 5.91 Å². The number of furan rings is 1. The van der Waals surface area contributed by atoms with E-state index in [1.807, 2.05) is 31.3 Å². The van der Waals surface area contributed by atoms with E-state index in [2.05, 4.69) is 20.5 Å². The summed E-state index contributed by atoms with van der Waals surface area (Å²) in [7, 11) is 0. The van der Waals surface area contributed by atoms with Crippen LogP contribution in [0.5, 0.6) is 0 Å². The van der Waals surface area contributed by atoms with E-state index >= 15 is 0 Å². The van der Waals surface area contributed by atoms with Crippen molar-refractivity contribution in [3.8, 4) is 11.4 Å². The van der Waals surface area contributed by atoms with Crippen LogP contribution in [0.15, 0.2) is 34.9 Å². The minimum Gasteiger partial charge on any atom is -0.466 e. The van der Waals surface area contributed by atoms with E-state index in [4.69, 9.17) is 4.42 Å². The third-order valence-corrected chi connectivity index (χ3v) is 5.06. The number of amides is 1. The Balaban J connectivity index is 1.53. The minimum absolute atomic E-state index is 0.154. The van der Waals surface area contributed by atoms with Gasteiger partial charge in [0.2, 0.25) is 0 Å². The van der Waals surface area contributed by atoms with Crippen LogP contribution in [0.25, 0.3) is 22.3 Å². The number of aryl methyl sites for hydroxylation is 4. The molecule has 0 bridgehead atoms. The number of hydrogen-bond donors (Lipinski definition) is 3. The molecule has 6 nitrogen and oxygen atoms in total. The van der Waals surface area contributed by atoms with Crippen molar-refractivity contribution < 1.29 is 9.21 Å². The molecule has 3 heterocycles. The van der Waals surface area contributed by atoms with E-state index in [9.17, 15) is 4.79 Å². The maximum atomic E-state index is 12.5. The van der Waals surface area contributed by atoms with Crippen molar-refractivity contribution in [3.05, 3.63) is 58.7 Å². The number of aromatic nitrogens is 3. The molecule has 0 unspecified atom stereocenters. The molecular weight excluding hydrogens is 328 g/mol. The van der Waals surface area contributed by atoms with Crippen LogP contribution in [0.3, 0.4) is 0 Å². The van der Waals surface area contributed by atoms with Gasteiger partial charge in [-0.15, -0.1) is 0 Å². The smallest absolute Gasteiger partial charge is 0.259 e. The summed E-state index contributed by atoms with van der Waals surface area (Å²) in [5.74, 6) is 1.21. The molecule has 1 aliphatic rings. The molecule has 6 heteroatoms. The van der Waals surface area contributed by atoms with Crippen LogP contribution < -0.4 is 5.32 Å². The van der Waals surface area contributed by atoms with Gasteiger partial charge >= 0.3 is 0 Å². The van der Waals surface area contributed by atoms with Gasteiger partial charge in [-0.05, 0) is 62.1 Å². The zero-order chi connectivity index (χ0) is 17.8. The largest absolute Gasteiger partial charge is 0.466 e. The van der Waals surface area contributed by atoms with Crippen molar-refractivity contribution in [2.45, 2.75) is 26.7 Å². The highest BCUT2D eigenvalue weighted by molar-refractivity contribution is 6.06. The number of nitrogens with zero attached hydrogens (tertiary/aromatic N) is 1. The van der Waals surface area contributed by atoms with E-state index in [1.54, 1.807) is 13.0 Å². The molecule has 130 valence electrons. The van der Waals surface area contributed by atoms with Crippen molar-refractivity contribution in [1.29, 1.82) is 0 Å². The number of carbonyl (C=O) groups excluding carboxylic acids is 1. The Morgan fingerprint density at radius 3 is 2.88 bits per heavy atom. The molecule has 0 radical (unpaired) electrons. The topological polar surface area (TPSA) is 86.7 Å². The quantitative estimate of drug-likeness (QED) is 0.510. The van der Waals surface area contributed by atoms with E-state index in [0.29, 0.717) is 11.3 Å². The SMILES string of the molecule is Cc1cc(C(=O)Nc2ccc3[nH]c4c(c3c2)CCc2cn[nH]c2-4)c(C)o1. The van der Waals surface area contributed by atoms with Gasteiger partial charge in [0.05, 0.1) is 23.1 Å². The first kappa shape index (κ1) is 15.0. The number of hydrogen-bond acceptors (Lipinski definition) is 3. The molecular formula is C20H18N4O2. The zero-order valence-electron chi connectivity index (χ0n) is 14.6. The molecule has 4 aromatic rings. The summed E-state index contributed by atoms with van der Waals surface area (Å²) in [6.07, 6.45) is 3.82. The van der Waals surface area contributed by atoms with Crippen molar-refractivity contribution in [1.82, 2.24) is 15.2 Å². The molecule has 0 fully saturated rings. The predicted molar refractivity (Wildman–Crippen MR) is 99.4 cm³/mol. The summed E-state index contributed by atoms with van der Waals surface area (Å²) in [6.45, 7) is 3.64. The summed E-state index contributed by atoms with van der Waals surface area (Å²) in [5.41, 5.74) is 7.08. The number of anilines is 1. The highest BCUT2D eigenvalue weighted by atomic mass is 16.3. The third-order valence-electron chi connectivity index (χ3n) is 5.06. The highest BCUT2D eigenvalue weighted by Crippen LogP contribution is 2.37. The van der Waals surface area contributed by atoms with Gasteiger partial charge in [-0.3, -0.25) is 9.89 Å². The maximum Gasteiger partial charge on any atom is 0.259 e. The Hall–Kier alpha value is -3.28. The Kier molecular flexibility index (Phi) is 3.09. The monoisotopic (exact) mass is 346 g/mol. The first-order valence-electron chi connectivity index (χ1n) is 8.66. The fourth-order valence-corrected chi connectivity index (χ4v) is 3.83. The summed E-state index contributed by atoms with van der Waals surface area (Å²) in [5, 5.41) is 11.4. The fraction of sp³-hybridized carbons (Fsp3) is 0.200. The number of rotatable bonds is 2. The molecule has 0 atom stereocenters. The maximum absolute atomic E-state index is 12.5. The molecule has 0 spiro atoms. The molecule has 5 rings (SSSR count). The van der Waals surface area contributed by atoms with Gasteiger partial charge in [0.1, 0.15) is 11.5 Å². The minimum atomic E-state index is -0.154. The first-order valence-corrected chi connectivity index (χ1v) is 8.66. The molecule has 0 saturated heterocycles. The Labute approximate surface area is 149 Å². The van der Waals surface area contributed by atoms with Gasteiger partial charge in [0.25, 0.3) is 5.91 Å². The van der Waals surface area contributed by atoms with Crippen LogP contribution in [0.2, 0.25) is 0 Å². The van der Waals surface area contributed by atoms with Crippen molar-refractivity contribution in [3.63, 3.8) is 0 Å². The third kappa shape index (κ3) is 2.19. The normalized spacial score (nSPS) is 12.8. The second-order valence-electron chi connectivity index (χ2n) is 6.79. The first-order chi connectivity index (χ1) is 12.6. The summed E-state index contributed by atoms with van der Waals surface area (Å²) in [4.78, 5) is 16.0. The second kappa shape index (κ2) is 5.36. The van der Waals surface area contributed by atoms with Crippen LogP contribution in [0.4, 0.5) is 5.69 Å². The molecule has 0 aliphatic heterocycles. The van der Waals surface area contributed by atoms with Gasteiger partial charge in [0, 0.05) is 16.6 Å². The van der Waals surface area contributed by atoms with Crippen LogP contribution in [-0.2, 0) is 12.8 Å².